The third-order valence-corrected chi connectivity index (χ3v) is 1.73. The summed E-state index contributed by atoms with van der Waals surface area (Å²) in [7, 11) is 0. The van der Waals surface area contributed by atoms with Crippen LogP contribution in [0.2, 0.25) is 0 Å². The van der Waals surface area contributed by atoms with Gasteiger partial charge in [0.2, 0.25) is 0 Å². The number of rotatable bonds is 2. The normalized spacial score (nSPS) is 24.7. The minimum Gasteiger partial charge on any atom is -0.266 e. The van der Waals surface area contributed by atoms with Gasteiger partial charge in [-0.2, -0.15) is 0 Å². The van der Waals surface area contributed by atoms with Crippen LogP contribution in [0, 0.1) is 5.92 Å². The smallest absolute Gasteiger partial charge is 0.0234 e. The fraction of sp³-hybridized carbons (Fsp3) is 0.625. The van der Waals surface area contributed by atoms with E-state index in [1.807, 2.05) is 6.20 Å². The van der Waals surface area contributed by atoms with E-state index in [4.69, 9.17) is 0 Å². The van der Waals surface area contributed by atoms with E-state index < -0.39 is 0 Å². The molecule has 1 aliphatic heterocycles. The molecule has 1 heteroatoms. The van der Waals surface area contributed by atoms with E-state index in [1.54, 1.807) is 0 Å². The van der Waals surface area contributed by atoms with Crippen molar-refractivity contribution in [3.8, 4) is 0 Å². The number of hydrogen-bond acceptors (Lipinski definition) is 1. The first-order chi connectivity index (χ1) is 4.34. The van der Waals surface area contributed by atoms with Crippen LogP contribution in [0.15, 0.2) is 17.3 Å². The Bertz CT molecular complexity index is 145. The van der Waals surface area contributed by atoms with E-state index in [-0.39, 0.29) is 0 Å². The van der Waals surface area contributed by atoms with Crippen molar-refractivity contribution in [1.29, 1.82) is 0 Å². The standard InChI is InChI=1S/C8H13N/c1-3-4-8-5-6-9-7(8)2/h5-6,8H,3-4H2,1-2H3. The van der Waals surface area contributed by atoms with Crippen LogP contribution in [0.1, 0.15) is 26.7 Å². The van der Waals surface area contributed by atoms with Gasteiger partial charge in [-0.1, -0.05) is 19.4 Å². The predicted molar refractivity (Wildman–Crippen MR) is 40.6 cm³/mol. The Morgan fingerprint density at radius 2 is 2.44 bits per heavy atom. The highest BCUT2D eigenvalue weighted by molar-refractivity contribution is 5.88. The molecule has 0 saturated heterocycles. The lowest BCUT2D eigenvalue weighted by atomic mass is 10.0. The molecule has 1 nitrogen and oxygen atoms in total. The fourth-order valence-electron chi connectivity index (χ4n) is 1.12. The van der Waals surface area contributed by atoms with Crippen LogP contribution in [-0.2, 0) is 0 Å². The summed E-state index contributed by atoms with van der Waals surface area (Å²) < 4.78 is 0. The number of nitrogens with zero attached hydrogens (tertiary/aromatic N) is 1. The fourth-order valence-corrected chi connectivity index (χ4v) is 1.12. The van der Waals surface area contributed by atoms with Crippen molar-refractivity contribution in [2.45, 2.75) is 26.7 Å². The predicted octanol–water partition coefficient (Wildman–Crippen LogP) is 2.39. The lowest BCUT2D eigenvalue weighted by molar-refractivity contribution is 0.726. The largest absolute Gasteiger partial charge is 0.266 e. The molecule has 1 heterocycles. The van der Waals surface area contributed by atoms with Gasteiger partial charge in [0.1, 0.15) is 0 Å². The molecular formula is C8H13N. The van der Waals surface area contributed by atoms with E-state index in [0.717, 1.165) is 0 Å². The SMILES string of the molecule is CCCC1C=CN=C1C. The Labute approximate surface area is 56.5 Å². The van der Waals surface area contributed by atoms with Crippen LogP contribution in [0.25, 0.3) is 0 Å². The molecule has 0 spiro atoms. The summed E-state index contributed by atoms with van der Waals surface area (Å²) >= 11 is 0. The molecule has 0 aromatic carbocycles. The van der Waals surface area contributed by atoms with Crippen molar-refractivity contribution in [2.75, 3.05) is 0 Å². The summed E-state index contributed by atoms with van der Waals surface area (Å²) in [6, 6.07) is 0. The van der Waals surface area contributed by atoms with Crippen LogP contribution in [-0.4, -0.2) is 5.71 Å². The molecule has 0 radical (unpaired) electrons. The molecule has 0 amide bonds. The van der Waals surface area contributed by atoms with Gasteiger partial charge in [-0.25, -0.2) is 0 Å². The molecule has 1 rings (SSSR count). The van der Waals surface area contributed by atoms with Gasteiger partial charge in [-0.05, 0) is 13.3 Å². The second-order valence-corrected chi connectivity index (χ2v) is 2.51. The number of allylic oxidation sites excluding steroid dienone is 1. The molecule has 0 fully saturated rings. The van der Waals surface area contributed by atoms with Gasteiger partial charge in [-0.15, -0.1) is 0 Å². The Morgan fingerprint density at radius 1 is 1.67 bits per heavy atom. The Kier molecular flexibility index (Phi) is 2.04. The second kappa shape index (κ2) is 2.81. The topological polar surface area (TPSA) is 12.4 Å². The van der Waals surface area contributed by atoms with Crippen LogP contribution in [0.3, 0.4) is 0 Å². The molecule has 9 heavy (non-hydrogen) atoms. The molecule has 1 aliphatic rings. The summed E-state index contributed by atoms with van der Waals surface area (Å²) in [6.45, 7) is 4.31. The molecule has 0 bridgehead atoms. The zero-order valence-electron chi connectivity index (χ0n) is 6.09. The van der Waals surface area contributed by atoms with E-state index >= 15 is 0 Å². The Balaban J connectivity index is 2.43. The van der Waals surface area contributed by atoms with Gasteiger partial charge in [0.15, 0.2) is 0 Å². The first-order valence-corrected chi connectivity index (χ1v) is 3.55. The highest BCUT2D eigenvalue weighted by Gasteiger charge is 2.09. The van der Waals surface area contributed by atoms with Crippen molar-refractivity contribution in [3.05, 3.63) is 12.3 Å². The summed E-state index contributed by atoms with van der Waals surface area (Å²) in [4.78, 5) is 4.17. The maximum Gasteiger partial charge on any atom is 0.0234 e. The lowest BCUT2D eigenvalue weighted by Crippen LogP contribution is -2.03. The number of aliphatic imine (C=N–C) groups is 1. The van der Waals surface area contributed by atoms with E-state index in [9.17, 15) is 0 Å². The van der Waals surface area contributed by atoms with Crippen molar-refractivity contribution in [2.24, 2.45) is 10.9 Å². The Morgan fingerprint density at radius 3 is 2.89 bits per heavy atom. The highest BCUT2D eigenvalue weighted by Crippen LogP contribution is 2.15. The molecule has 0 aromatic rings. The summed E-state index contributed by atoms with van der Waals surface area (Å²) in [5.41, 5.74) is 1.27. The van der Waals surface area contributed by atoms with Crippen molar-refractivity contribution in [3.63, 3.8) is 0 Å². The van der Waals surface area contributed by atoms with Gasteiger partial charge in [0, 0.05) is 17.8 Å². The second-order valence-electron chi connectivity index (χ2n) is 2.51. The third-order valence-electron chi connectivity index (χ3n) is 1.73. The molecule has 50 valence electrons. The quantitative estimate of drug-likeness (QED) is 0.534. The monoisotopic (exact) mass is 123 g/mol. The van der Waals surface area contributed by atoms with E-state index in [1.165, 1.54) is 18.6 Å². The van der Waals surface area contributed by atoms with Crippen LogP contribution in [0.4, 0.5) is 0 Å². The summed E-state index contributed by atoms with van der Waals surface area (Å²) in [5.74, 6) is 0.648. The summed E-state index contributed by atoms with van der Waals surface area (Å²) in [5, 5.41) is 0. The van der Waals surface area contributed by atoms with E-state index in [2.05, 4.69) is 24.9 Å². The van der Waals surface area contributed by atoms with Crippen LogP contribution in [0.5, 0.6) is 0 Å². The van der Waals surface area contributed by atoms with Gasteiger partial charge in [-0.3, -0.25) is 4.99 Å². The van der Waals surface area contributed by atoms with Crippen molar-refractivity contribution in [1.82, 2.24) is 0 Å². The van der Waals surface area contributed by atoms with Gasteiger partial charge in [0.25, 0.3) is 0 Å². The van der Waals surface area contributed by atoms with Crippen LogP contribution < -0.4 is 0 Å². The molecule has 0 aromatic heterocycles. The average molecular weight is 123 g/mol. The molecule has 0 saturated carbocycles. The highest BCUT2D eigenvalue weighted by atomic mass is 14.7. The molecule has 1 unspecified atom stereocenters. The number of hydrogen-bond donors (Lipinski definition) is 0. The van der Waals surface area contributed by atoms with Crippen molar-refractivity contribution >= 4 is 5.71 Å². The first kappa shape index (κ1) is 6.53. The molecule has 0 N–H and O–H groups in total. The lowest BCUT2D eigenvalue weighted by Gasteiger charge is -2.03. The molecule has 1 atom stereocenters. The zero-order valence-corrected chi connectivity index (χ0v) is 6.09. The first-order valence-electron chi connectivity index (χ1n) is 3.55. The van der Waals surface area contributed by atoms with Gasteiger partial charge >= 0.3 is 0 Å². The zero-order chi connectivity index (χ0) is 6.69. The van der Waals surface area contributed by atoms with Gasteiger partial charge < -0.3 is 0 Å². The maximum atomic E-state index is 4.17. The van der Waals surface area contributed by atoms with Gasteiger partial charge in [0.05, 0.1) is 0 Å². The molecule has 0 aliphatic carbocycles. The molecular weight excluding hydrogens is 110 g/mol. The average Bonchev–Trinajstić information content (AvgIpc) is 2.18. The Hall–Kier alpha value is -0.590. The minimum atomic E-state index is 0.648. The van der Waals surface area contributed by atoms with E-state index in [0.29, 0.717) is 5.92 Å². The minimum absolute atomic E-state index is 0.648. The summed E-state index contributed by atoms with van der Waals surface area (Å²) in [6.07, 6.45) is 6.60. The van der Waals surface area contributed by atoms with Crippen LogP contribution >= 0.6 is 0 Å². The van der Waals surface area contributed by atoms with Crippen molar-refractivity contribution < 1.29 is 0 Å². The maximum absolute atomic E-state index is 4.17. The third kappa shape index (κ3) is 1.41.